The number of hydrogen-bond acceptors (Lipinski definition) is 3. The number of carbonyl (C=O) groups is 2. The van der Waals surface area contributed by atoms with Crippen LogP contribution in [0.2, 0.25) is 0 Å². The van der Waals surface area contributed by atoms with Crippen molar-refractivity contribution in [2.75, 3.05) is 6.54 Å². The Labute approximate surface area is 115 Å². The minimum Gasteiger partial charge on any atom is -0.480 e. The molecule has 0 aromatic rings. The molecule has 1 amide bonds. The van der Waals surface area contributed by atoms with Gasteiger partial charge in [-0.1, -0.05) is 27.7 Å². The average Bonchev–Trinajstić information content (AvgIpc) is 2.26. The first kappa shape index (κ1) is 16.0. The molecule has 3 N–H and O–H groups in total. The monoisotopic (exact) mass is 270 g/mol. The predicted octanol–water partition coefficient (Wildman–Crippen LogP) is 1.46. The van der Waals surface area contributed by atoms with Crippen molar-refractivity contribution in [3.05, 3.63) is 0 Å². The molecule has 0 aromatic carbocycles. The highest BCUT2D eigenvalue weighted by Gasteiger charge is 2.44. The molecule has 0 aliphatic carbocycles. The number of likely N-dealkylation sites (tertiary alicyclic amines) is 1. The van der Waals surface area contributed by atoms with Gasteiger partial charge in [0, 0.05) is 19.0 Å². The fourth-order valence-electron chi connectivity index (χ4n) is 2.68. The highest BCUT2D eigenvalue weighted by Crippen LogP contribution is 2.35. The van der Waals surface area contributed by atoms with Crippen LogP contribution in [0.5, 0.6) is 0 Å². The molecular formula is C14H26N2O3. The lowest BCUT2D eigenvalue weighted by molar-refractivity contribution is -0.159. The molecule has 1 heterocycles. The number of amides is 1. The van der Waals surface area contributed by atoms with Gasteiger partial charge in [0.1, 0.15) is 6.04 Å². The van der Waals surface area contributed by atoms with Gasteiger partial charge >= 0.3 is 5.97 Å². The summed E-state index contributed by atoms with van der Waals surface area (Å²) in [4.78, 5) is 25.3. The van der Waals surface area contributed by atoms with Gasteiger partial charge in [-0.25, -0.2) is 4.79 Å². The zero-order valence-corrected chi connectivity index (χ0v) is 12.3. The van der Waals surface area contributed by atoms with Crippen LogP contribution in [0.4, 0.5) is 0 Å². The fraction of sp³-hybridized carbons (Fsp3) is 0.857. The number of carboxylic acid groups (broad SMARTS) is 1. The minimum atomic E-state index is -0.920. The molecule has 0 spiro atoms. The van der Waals surface area contributed by atoms with E-state index in [4.69, 9.17) is 5.73 Å². The van der Waals surface area contributed by atoms with Crippen molar-refractivity contribution in [1.82, 2.24) is 4.90 Å². The third kappa shape index (κ3) is 3.69. The Morgan fingerprint density at radius 1 is 1.42 bits per heavy atom. The maximum atomic E-state index is 12.3. The Morgan fingerprint density at radius 3 is 2.47 bits per heavy atom. The van der Waals surface area contributed by atoms with E-state index in [1.54, 1.807) is 0 Å². The summed E-state index contributed by atoms with van der Waals surface area (Å²) in [6, 6.07) is -0.958. The average molecular weight is 270 g/mol. The van der Waals surface area contributed by atoms with Crippen LogP contribution in [-0.4, -0.2) is 40.5 Å². The predicted molar refractivity (Wildman–Crippen MR) is 73.6 cm³/mol. The van der Waals surface area contributed by atoms with Gasteiger partial charge in [-0.2, -0.15) is 0 Å². The number of nitrogens with two attached hydrogens (primary N) is 1. The molecule has 1 rings (SSSR count). The van der Waals surface area contributed by atoms with Crippen LogP contribution in [0.3, 0.4) is 0 Å². The van der Waals surface area contributed by atoms with E-state index in [2.05, 4.69) is 0 Å². The normalized spacial score (nSPS) is 24.3. The van der Waals surface area contributed by atoms with Crippen molar-refractivity contribution in [3.8, 4) is 0 Å². The lowest BCUT2D eigenvalue weighted by Crippen LogP contribution is -2.57. The second-order valence-electron chi connectivity index (χ2n) is 6.53. The summed E-state index contributed by atoms with van der Waals surface area (Å²) >= 11 is 0. The number of aliphatic carboxylic acids is 1. The Bertz CT molecular complexity index is 353. The van der Waals surface area contributed by atoms with E-state index >= 15 is 0 Å². The van der Waals surface area contributed by atoms with Gasteiger partial charge < -0.3 is 15.7 Å². The molecular weight excluding hydrogens is 244 g/mol. The number of carboxylic acids is 1. The zero-order chi connectivity index (χ0) is 14.8. The summed E-state index contributed by atoms with van der Waals surface area (Å²) in [6.45, 7) is 8.27. The molecule has 0 aromatic heterocycles. The molecule has 2 atom stereocenters. The second kappa shape index (κ2) is 5.90. The van der Waals surface area contributed by atoms with Crippen molar-refractivity contribution in [2.45, 2.75) is 59.0 Å². The first-order valence-corrected chi connectivity index (χ1v) is 6.94. The van der Waals surface area contributed by atoms with Gasteiger partial charge in [-0.05, 0) is 24.2 Å². The van der Waals surface area contributed by atoms with Crippen molar-refractivity contribution >= 4 is 11.9 Å². The molecule has 0 bridgehead atoms. The summed E-state index contributed by atoms with van der Waals surface area (Å²) in [6.07, 6.45) is 1.89. The molecule has 1 aliphatic heterocycles. The molecule has 1 aliphatic rings. The lowest BCUT2D eigenvalue weighted by Gasteiger charge is -2.44. The molecule has 1 saturated heterocycles. The Kier molecular flexibility index (Phi) is 4.96. The van der Waals surface area contributed by atoms with E-state index in [0.29, 0.717) is 6.54 Å². The van der Waals surface area contributed by atoms with Crippen LogP contribution in [0, 0.1) is 11.3 Å². The van der Waals surface area contributed by atoms with Crippen LogP contribution >= 0.6 is 0 Å². The Balaban J connectivity index is 2.84. The summed E-state index contributed by atoms with van der Waals surface area (Å²) in [5, 5.41) is 9.41. The molecule has 5 nitrogen and oxygen atoms in total. The summed E-state index contributed by atoms with van der Waals surface area (Å²) in [7, 11) is 0. The SMILES string of the molecule is CC(C)C(N)CC(=O)N1CCCC(C)(C)C1C(=O)O. The molecule has 0 saturated carbocycles. The van der Waals surface area contributed by atoms with Crippen LogP contribution < -0.4 is 5.73 Å². The number of rotatable bonds is 4. The van der Waals surface area contributed by atoms with Gasteiger partial charge in [-0.3, -0.25) is 4.79 Å². The quantitative estimate of drug-likeness (QED) is 0.810. The van der Waals surface area contributed by atoms with Gasteiger partial charge in [0.2, 0.25) is 5.91 Å². The van der Waals surface area contributed by atoms with Crippen molar-refractivity contribution in [1.29, 1.82) is 0 Å². The van der Waals surface area contributed by atoms with E-state index in [1.807, 2.05) is 27.7 Å². The van der Waals surface area contributed by atoms with Crippen molar-refractivity contribution in [2.24, 2.45) is 17.1 Å². The maximum absolute atomic E-state index is 12.3. The Morgan fingerprint density at radius 2 is 2.00 bits per heavy atom. The van der Waals surface area contributed by atoms with Crippen LogP contribution in [-0.2, 0) is 9.59 Å². The summed E-state index contributed by atoms with van der Waals surface area (Å²) < 4.78 is 0. The Hall–Kier alpha value is -1.10. The highest BCUT2D eigenvalue weighted by atomic mass is 16.4. The third-order valence-corrected chi connectivity index (χ3v) is 4.09. The number of carbonyl (C=O) groups excluding carboxylic acids is 1. The van der Waals surface area contributed by atoms with Gasteiger partial charge in [0.05, 0.1) is 0 Å². The zero-order valence-electron chi connectivity index (χ0n) is 12.3. The van der Waals surface area contributed by atoms with Crippen LogP contribution in [0.1, 0.15) is 47.0 Å². The lowest BCUT2D eigenvalue weighted by atomic mass is 9.76. The number of piperidine rings is 1. The molecule has 110 valence electrons. The molecule has 0 radical (unpaired) electrons. The third-order valence-electron chi connectivity index (χ3n) is 4.09. The standard InChI is InChI=1S/C14H26N2O3/c1-9(2)10(15)8-11(17)16-7-5-6-14(3,4)12(16)13(18)19/h9-10,12H,5-8,15H2,1-4H3,(H,18,19). The van der Waals surface area contributed by atoms with E-state index < -0.39 is 12.0 Å². The molecule has 1 fully saturated rings. The van der Waals surface area contributed by atoms with E-state index in [-0.39, 0.29) is 29.7 Å². The number of hydrogen-bond donors (Lipinski definition) is 2. The van der Waals surface area contributed by atoms with Gasteiger partial charge in [0.25, 0.3) is 0 Å². The first-order valence-electron chi connectivity index (χ1n) is 6.94. The highest BCUT2D eigenvalue weighted by molar-refractivity contribution is 5.84. The van der Waals surface area contributed by atoms with Gasteiger partial charge in [-0.15, -0.1) is 0 Å². The first-order chi connectivity index (χ1) is 8.66. The second-order valence-corrected chi connectivity index (χ2v) is 6.53. The van der Waals surface area contributed by atoms with E-state index in [1.165, 1.54) is 4.90 Å². The molecule has 5 heteroatoms. The maximum Gasteiger partial charge on any atom is 0.326 e. The topological polar surface area (TPSA) is 83.6 Å². The molecule has 19 heavy (non-hydrogen) atoms. The fourth-order valence-corrected chi connectivity index (χ4v) is 2.68. The van der Waals surface area contributed by atoms with Crippen LogP contribution in [0.25, 0.3) is 0 Å². The minimum absolute atomic E-state index is 0.138. The molecule has 2 unspecified atom stereocenters. The summed E-state index contributed by atoms with van der Waals surface area (Å²) in [5.41, 5.74) is 5.53. The number of nitrogens with zero attached hydrogens (tertiary/aromatic N) is 1. The van der Waals surface area contributed by atoms with Gasteiger partial charge in [0.15, 0.2) is 0 Å². The van der Waals surface area contributed by atoms with Crippen molar-refractivity contribution < 1.29 is 14.7 Å². The van der Waals surface area contributed by atoms with E-state index in [9.17, 15) is 14.7 Å². The van der Waals surface area contributed by atoms with Crippen molar-refractivity contribution in [3.63, 3.8) is 0 Å². The van der Waals surface area contributed by atoms with Crippen LogP contribution in [0.15, 0.2) is 0 Å². The largest absolute Gasteiger partial charge is 0.480 e. The smallest absolute Gasteiger partial charge is 0.326 e. The van der Waals surface area contributed by atoms with E-state index in [0.717, 1.165) is 12.8 Å². The summed E-state index contributed by atoms with van der Waals surface area (Å²) in [5.74, 6) is -0.845.